The number of aromatic nitrogens is 2. The second-order valence-electron chi connectivity index (χ2n) is 6.51. The fraction of sp³-hybridized carbons (Fsp3) is 0.500. The molecule has 2 rings (SSSR count). The molecule has 2 aromatic rings. The van der Waals surface area contributed by atoms with E-state index in [1.54, 1.807) is 0 Å². The van der Waals surface area contributed by atoms with Crippen molar-refractivity contribution in [3.8, 4) is 0 Å². The van der Waals surface area contributed by atoms with Crippen LogP contribution < -0.4 is 9.13 Å². The highest BCUT2D eigenvalue weighted by atomic mass is 14.9. The summed E-state index contributed by atoms with van der Waals surface area (Å²) in [4.78, 5) is 0. The lowest BCUT2D eigenvalue weighted by Gasteiger charge is -2.02. The number of hydrogen-bond donors (Lipinski definition) is 0. The summed E-state index contributed by atoms with van der Waals surface area (Å²) in [5, 5.41) is 0. The van der Waals surface area contributed by atoms with Crippen LogP contribution in [0.3, 0.4) is 0 Å². The summed E-state index contributed by atoms with van der Waals surface area (Å²) >= 11 is 0. The first kappa shape index (κ1) is 16.7. The Kier molecular flexibility index (Phi) is 6.11. The molecule has 0 aromatic carbocycles. The van der Waals surface area contributed by atoms with E-state index in [9.17, 15) is 0 Å². The quantitative estimate of drug-likeness (QED) is 0.543. The van der Waals surface area contributed by atoms with Gasteiger partial charge in [0.05, 0.1) is 0 Å². The van der Waals surface area contributed by atoms with Gasteiger partial charge in [-0.2, -0.15) is 0 Å². The van der Waals surface area contributed by atoms with E-state index in [0.717, 1.165) is 13.1 Å². The van der Waals surface area contributed by atoms with Crippen molar-refractivity contribution >= 4 is 0 Å². The summed E-state index contributed by atoms with van der Waals surface area (Å²) in [5.74, 6) is 0. The van der Waals surface area contributed by atoms with E-state index < -0.39 is 0 Å². The summed E-state index contributed by atoms with van der Waals surface area (Å²) in [6.07, 6.45) is 14.1. The van der Waals surface area contributed by atoms with Gasteiger partial charge in [-0.05, 0) is 51.7 Å². The Labute approximate surface area is 135 Å². The zero-order chi connectivity index (χ0) is 15.9. The van der Waals surface area contributed by atoms with E-state index in [0.29, 0.717) is 0 Å². The first-order valence-corrected chi connectivity index (χ1v) is 8.49. The smallest absolute Gasteiger partial charge is 0.171 e. The Balaban J connectivity index is 1.65. The molecule has 22 heavy (non-hydrogen) atoms. The van der Waals surface area contributed by atoms with E-state index >= 15 is 0 Å². The minimum Gasteiger partial charge on any atom is -0.205 e. The van der Waals surface area contributed by atoms with Crippen LogP contribution in [0.2, 0.25) is 0 Å². The van der Waals surface area contributed by atoms with Crippen LogP contribution in [0.4, 0.5) is 0 Å². The van der Waals surface area contributed by atoms with Gasteiger partial charge in [0, 0.05) is 36.1 Å². The summed E-state index contributed by atoms with van der Waals surface area (Å²) in [6, 6.07) is 4.43. The Morgan fingerprint density at radius 1 is 0.591 bits per heavy atom. The van der Waals surface area contributed by atoms with Crippen LogP contribution in [0.1, 0.15) is 47.9 Å². The number of pyridine rings is 2. The molecular formula is C20H30N2+2. The lowest BCUT2D eigenvalue weighted by Crippen LogP contribution is -2.34. The van der Waals surface area contributed by atoms with Gasteiger partial charge in [0.1, 0.15) is 13.1 Å². The normalized spacial score (nSPS) is 10.9. The molecule has 0 aliphatic rings. The number of aryl methyl sites for hydroxylation is 6. The molecule has 0 saturated carbocycles. The van der Waals surface area contributed by atoms with Crippen molar-refractivity contribution < 1.29 is 9.13 Å². The molecule has 0 saturated heterocycles. The van der Waals surface area contributed by atoms with Crippen molar-refractivity contribution in [3.63, 3.8) is 0 Å². The second kappa shape index (κ2) is 8.07. The third kappa shape index (κ3) is 4.94. The number of hydrogen-bond acceptors (Lipinski definition) is 0. The topological polar surface area (TPSA) is 7.76 Å². The van der Waals surface area contributed by atoms with Gasteiger partial charge in [0.2, 0.25) is 0 Å². The van der Waals surface area contributed by atoms with Gasteiger partial charge in [-0.1, -0.05) is 0 Å². The maximum absolute atomic E-state index is 2.32. The monoisotopic (exact) mass is 298 g/mol. The summed E-state index contributed by atoms with van der Waals surface area (Å²) in [6.45, 7) is 11.0. The molecule has 2 aromatic heterocycles. The van der Waals surface area contributed by atoms with Gasteiger partial charge >= 0.3 is 0 Å². The maximum Gasteiger partial charge on any atom is 0.171 e. The Bertz CT molecular complexity index is 562. The van der Waals surface area contributed by atoms with E-state index in [4.69, 9.17) is 0 Å². The summed E-state index contributed by atoms with van der Waals surface area (Å²) in [7, 11) is 0. The predicted octanol–water partition coefficient (Wildman–Crippen LogP) is 3.76. The molecule has 2 heteroatoms. The van der Waals surface area contributed by atoms with Crippen LogP contribution in [0.25, 0.3) is 0 Å². The van der Waals surface area contributed by atoms with Crippen molar-refractivity contribution in [2.45, 2.75) is 66.5 Å². The van der Waals surface area contributed by atoms with Crippen molar-refractivity contribution in [3.05, 3.63) is 59.2 Å². The minimum atomic E-state index is 1.14. The molecule has 0 N–H and O–H groups in total. The van der Waals surface area contributed by atoms with Gasteiger partial charge in [-0.3, -0.25) is 0 Å². The molecule has 118 valence electrons. The van der Waals surface area contributed by atoms with Crippen molar-refractivity contribution in [1.29, 1.82) is 0 Å². The fourth-order valence-corrected chi connectivity index (χ4v) is 2.69. The number of unbranched alkanes of at least 4 members (excludes halogenated alkanes) is 3. The highest BCUT2D eigenvalue weighted by molar-refractivity contribution is 5.17. The number of nitrogens with zero attached hydrogens (tertiary/aromatic N) is 2. The molecule has 0 radical (unpaired) electrons. The maximum atomic E-state index is 2.32. The summed E-state index contributed by atoms with van der Waals surface area (Å²) in [5.41, 5.74) is 5.52. The average molecular weight is 298 g/mol. The zero-order valence-corrected chi connectivity index (χ0v) is 14.6. The van der Waals surface area contributed by atoms with Crippen LogP contribution >= 0.6 is 0 Å². The Morgan fingerprint density at radius 3 is 1.36 bits per heavy atom. The minimum absolute atomic E-state index is 1.14. The van der Waals surface area contributed by atoms with Gasteiger partial charge in [-0.25, -0.2) is 9.13 Å². The van der Waals surface area contributed by atoms with Crippen molar-refractivity contribution in [1.82, 2.24) is 0 Å². The molecular weight excluding hydrogens is 268 g/mol. The molecule has 2 nitrogen and oxygen atoms in total. The van der Waals surface area contributed by atoms with Crippen LogP contribution in [0.5, 0.6) is 0 Å². The second-order valence-corrected chi connectivity index (χ2v) is 6.51. The number of rotatable bonds is 7. The Hall–Kier alpha value is -1.70. The summed E-state index contributed by atoms with van der Waals surface area (Å²) < 4.78 is 4.64. The lowest BCUT2D eigenvalue weighted by atomic mass is 10.1. The highest BCUT2D eigenvalue weighted by Crippen LogP contribution is 2.04. The van der Waals surface area contributed by atoms with Crippen LogP contribution in [0.15, 0.2) is 36.9 Å². The molecule has 2 heterocycles. The first-order valence-electron chi connectivity index (χ1n) is 8.49. The van der Waals surface area contributed by atoms with Crippen LogP contribution in [0, 0.1) is 27.7 Å². The standard InChI is InChI=1S/C20H30N2/c1-17-9-13-21(15-19(17)3)11-7-5-6-8-12-22-14-10-18(2)20(4)16-22/h9-10,13-16H,5-8,11-12H2,1-4H3/q+2. The van der Waals surface area contributed by atoms with E-state index in [-0.39, 0.29) is 0 Å². The molecule has 0 aliphatic carbocycles. The van der Waals surface area contributed by atoms with Gasteiger partial charge in [0.25, 0.3) is 0 Å². The highest BCUT2D eigenvalue weighted by Gasteiger charge is 2.05. The van der Waals surface area contributed by atoms with Crippen LogP contribution in [-0.2, 0) is 13.1 Å². The average Bonchev–Trinajstić information content (AvgIpc) is 2.50. The van der Waals surface area contributed by atoms with E-state index in [2.05, 4.69) is 73.7 Å². The predicted molar refractivity (Wildman–Crippen MR) is 90.7 cm³/mol. The fourth-order valence-electron chi connectivity index (χ4n) is 2.69. The molecule has 0 unspecified atom stereocenters. The van der Waals surface area contributed by atoms with E-state index in [1.807, 2.05) is 0 Å². The first-order chi connectivity index (χ1) is 10.6. The molecule has 0 atom stereocenters. The SMILES string of the molecule is Cc1cc[n+](CCCCCC[n+]2ccc(C)c(C)c2)cc1C. The van der Waals surface area contributed by atoms with E-state index in [1.165, 1.54) is 47.9 Å². The third-order valence-electron chi connectivity index (χ3n) is 4.58. The molecule has 0 bridgehead atoms. The Morgan fingerprint density at radius 2 is 1.00 bits per heavy atom. The lowest BCUT2D eigenvalue weighted by molar-refractivity contribution is -0.699. The third-order valence-corrected chi connectivity index (χ3v) is 4.58. The zero-order valence-electron chi connectivity index (χ0n) is 14.6. The molecule has 0 spiro atoms. The molecule has 0 amide bonds. The van der Waals surface area contributed by atoms with Crippen molar-refractivity contribution in [2.24, 2.45) is 0 Å². The van der Waals surface area contributed by atoms with Crippen LogP contribution in [-0.4, -0.2) is 0 Å². The largest absolute Gasteiger partial charge is 0.205 e. The molecule has 0 aliphatic heterocycles. The molecule has 0 fully saturated rings. The van der Waals surface area contributed by atoms with Crippen molar-refractivity contribution in [2.75, 3.05) is 0 Å². The van der Waals surface area contributed by atoms with Gasteiger partial charge in [-0.15, -0.1) is 0 Å². The van der Waals surface area contributed by atoms with Gasteiger partial charge in [0.15, 0.2) is 24.8 Å². The van der Waals surface area contributed by atoms with Gasteiger partial charge < -0.3 is 0 Å².